The van der Waals surface area contributed by atoms with Crippen molar-refractivity contribution >= 4 is 11.6 Å². The molecule has 2 rings (SSSR count). The number of hydrogen-bond acceptors (Lipinski definition) is 2. The molecular weight excluding hydrogens is 270 g/mol. The molecule has 20 heavy (non-hydrogen) atoms. The van der Waals surface area contributed by atoms with Gasteiger partial charge < -0.3 is 4.74 Å². The minimum atomic E-state index is 0.340. The normalized spacial score (nSPS) is 10.3. The highest BCUT2D eigenvalue weighted by atomic mass is 35.5. The van der Waals surface area contributed by atoms with Crippen LogP contribution in [-0.2, 0) is 6.61 Å². The van der Waals surface area contributed by atoms with E-state index in [0.717, 1.165) is 16.9 Å². The summed E-state index contributed by atoms with van der Waals surface area (Å²) in [6, 6.07) is 15.3. The number of nitrogens with zero attached hydrogens (tertiary/aromatic N) is 1. The van der Waals surface area contributed by atoms with Crippen LogP contribution in [0.25, 0.3) is 0 Å². The predicted octanol–water partition coefficient (Wildman–Crippen LogP) is 4.91. The first kappa shape index (κ1) is 14.4. The second kappa shape index (κ2) is 6.45. The van der Waals surface area contributed by atoms with E-state index in [1.54, 1.807) is 18.2 Å². The maximum atomic E-state index is 9.10. The van der Waals surface area contributed by atoms with Crippen LogP contribution in [0.4, 0.5) is 0 Å². The van der Waals surface area contributed by atoms with Crippen molar-refractivity contribution in [3.63, 3.8) is 0 Å². The first-order valence-corrected chi connectivity index (χ1v) is 6.90. The van der Waals surface area contributed by atoms with Crippen molar-refractivity contribution in [1.29, 1.82) is 5.26 Å². The van der Waals surface area contributed by atoms with Crippen LogP contribution in [-0.4, -0.2) is 0 Å². The first-order valence-electron chi connectivity index (χ1n) is 6.52. The minimum absolute atomic E-state index is 0.340. The Morgan fingerprint density at radius 2 is 1.95 bits per heavy atom. The van der Waals surface area contributed by atoms with Crippen LogP contribution in [0.15, 0.2) is 42.5 Å². The van der Waals surface area contributed by atoms with Gasteiger partial charge >= 0.3 is 0 Å². The van der Waals surface area contributed by atoms with Crippen LogP contribution in [0.1, 0.15) is 36.5 Å². The van der Waals surface area contributed by atoms with Gasteiger partial charge in [-0.25, -0.2) is 0 Å². The van der Waals surface area contributed by atoms with E-state index in [9.17, 15) is 0 Å². The highest BCUT2D eigenvalue weighted by Crippen LogP contribution is 2.27. The molecule has 0 saturated carbocycles. The fraction of sp³-hybridized carbons (Fsp3) is 0.235. The third-order valence-electron chi connectivity index (χ3n) is 3.11. The molecule has 0 N–H and O–H groups in total. The molecule has 0 amide bonds. The van der Waals surface area contributed by atoms with E-state index >= 15 is 0 Å². The molecule has 102 valence electrons. The van der Waals surface area contributed by atoms with E-state index in [0.29, 0.717) is 23.1 Å². The number of para-hydroxylation sites is 1. The molecule has 0 atom stereocenters. The molecule has 0 radical (unpaired) electrons. The quantitative estimate of drug-likeness (QED) is 0.799. The summed E-state index contributed by atoms with van der Waals surface area (Å²) in [6.07, 6.45) is 0. The topological polar surface area (TPSA) is 33.0 Å². The highest BCUT2D eigenvalue weighted by molar-refractivity contribution is 6.30. The standard InChI is InChI=1S/C17H16ClNO/c1-12(2)16-5-3-4-6-17(16)20-11-14-9-15(18)8-7-13(14)10-19/h3-9,12H,11H2,1-2H3. The molecule has 0 bridgehead atoms. The molecular formula is C17H16ClNO. The zero-order valence-electron chi connectivity index (χ0n) is 11.6. The van der Waals surface area contributed by atoms with E-state index in [1.807, 2.05) is 18.2 Å². The van der Waals surface area contributed by atoms with Crippen molar-refractivity contribution in [1.82, 2.24) is 0 Å². The summed E-state index contributed by atoms with van der Waals surface area (Å²) in [6.45, 7) is 4.59. The first-order chi connectivity index (χ1) is 9.61. The average molecular weight is 286 g/mol. The lowest BCUT2D eigenvalue weighted by Crippen LogP contribution is -2.01. The summed E-state index contributed by atoms with van der Waals surface area (Å²) in [7, 11) is 0. The molecule has 0 aliphatic carbocycles. The fourth-order valence-corrected chi connectivity index (χ4v) is 2.23. The zero-order valence-corrected chi connectivity index (χ0v) is 12.3. The third-order valence-corrected chi connectivity index (χ3v) is 3.35. The molecule has 0 aliphatic rings. The molecule has 0 aliphatic heterocycles. The van der Waals surface area contributed by atoms with E-state index in [-0.39, 0.29) is 0 Å². The molecule has 0 fully saturated rings. The number of halogens is 1. The summed E-state index contributed by atoms with van der Waals surface area (Å²) in [4.78, 5) is 0. The van der Waals surface area contributed by atoms with Crippen LogP contribution < -0.4 is 4.74 Å². The molecule has 3 heteroatoms. The number of nitriles is 1. The lowest BCUT2D eigenvalue weighted by molar-refractivity contribution is 0.301. The van der Waals surface area contributed by atoms with E-state index in [2.05, 4.69) is 26.0 Å². The SMILES string of the molecule is CC(C)c1ccccc1OCc1cc(Cl)ccc1C#N. The van der Waals surface area contributed by atoms with Gasteiger partial charge in [0.15, 0.2) is 0 Å². The molecule has 0 spiro atoms. The van der Waals surface area contributed by atoms with Gasteiger partial charge in [-0.05, 0) is 35.7 Å². The molecule has 0 unspecified atom stereocenters. The van der Waals surface area contributed by atoms with E-state index in [1.165, 1.54) is 0 Å². The van der Waals surface area contributed by atoms with Gasteiger partial charge in [-0.15, -0.1) is 0 Å². The minimum Gasteiger partial charge on any atom is -0.489 e. The molecule has 2 aromatic carbocycles. The smallest absolute Gasteiger partial charge is 0.123 e. The van der Waals surface area contributed by atoms with Gasteiger partial charge in [0.05, 0.1) is 11.6 Å². The Balaban J connectivity index is 2.22. The third kappa shape index (κ3) is 3.31. The van der Waals surface area contributed by atoms with Gasteiger partial charge in [0, 0.05) is 10.6 Å². The van der Waals surface area contributed by atoms with Crippen LogP contribution in [0, 0.1) is 11.3 Å². The van der Waals surface area contributed by atoms with Gasteiger partial charge in [-0.3, -0.25) is 0 Å². The number of rotatable bonds is 4. The second-order valence-electron chi connectivity index (χ2n) is 4.89. The highest BCUT2D eigenvalue weighted by Gasteiger charge is 2.09. The lowest BCUT2D eigenvalue weighted by Gasteiger charge is -2.14. The van der Waals surface area contributed by atoms with Gasteiger partial charge in [-0.2, -0.15) is 5.26 Å². The van der Waals surface area contributed by atoms with Gasteiger partial charge in [-0.1, -0.05) is 43.6 Å². The van der Waals surface area contributed by atoms with Crippen molar-refractivity contribution in [2.45, 2.75) is 26.4 Å². The summed E-state index contributed by atoms with van der Waals surface area (Å²) in [5.41, 5.74) is 2.56. The van der Waals surface area contributed by atoms with Gasteiger partial charge in [0.2, 0.25) is 0 Å². The monoisotopic (exact) mass is 285 g/mol. The average Bonchev–Trinajstić information content (AvgIpc) is 2.45. The Morgan fingerprint density at radius 1 is 1.20 bits per heavy atom. The zero-order chi connectivity index (χ0) is 14.5. The van der Waals surface area contributed by atoms with Crippen molar-refractivity contribution in [2.24, 2.45) is 0 Å². The molecule has 0 saturated heterocycles. The van der Waals surface area contributed by atoms with Crippen molar-refractivity contribution < 1.29 is 4.74 Å². The molecule has 2 nitrogen and oxygen atoms in total. The lowest BCUT2D eigenvalue weighted by atomic mass is 10.0. The summed E-state index contributed by atoms with van der Waals surface area (Å²) >= 11 is 5.97. The van der Waals surface area contributed by atoms with Gasteiger partial charge in [0.25, 0.3) is 0 Å². The summed E-state index contributed by atoms with van der Waals surface area (Å²) in [5.74, 6) is 1.24. The van der Waals surface area contributed by atoms with Crippen LogP contribution in [0.5, 0.6) is 5.75 Å². The Bertz CT molecular complexity index is 644. The summed E-state index contributed by atoms with van der Waals surface area (Å²) < 4.78 is 5.87. The number of hydrogen-bond donors (Lipinski definition) is 0. The van der Waals surface area contributed by atoms with Crippen LogP contribution in [0.3, 0.4) is 0 Å². The number of ether oxygens (including phenoxy) is 1. The predicted molar refractivity (Wildman–Crippen MR) is 81.0 cm³/mol. The maximum absolute atomic E-state index is 9.10. The second-order valence-corrected chi connectivity index (χ2v) is 5.33. The van der Waals surface area contributed by atoms with Crippen molar-refractivity contribution in [3.8, 4) is 11.8 Å². The molecule has 2 aromatic rings. The molecule has 0 heterocycles. The Labute approximate surface area is 124 Å². The summed E-state index contributed by atoms with van der Waals surface area (Å²) in [5, 5.41) is 9.71. The maximum Gasteiger partial charge on any atom is 0.123 e. The van der Waals surface area contributed by atoms with Crippen LogP contribution >= 0.6 is 11.6 Å². The van der Waals surface area contributed by atoms with E-state index in [4.69, 9.17) is 21.6 Å². The van der Waals surface area contributed by atoms with Gasteiger partial charge in [0.1, 0.15) is 12.4 Å². The largest absolute Gasteiger partial charge is 0.489 e. The Kier molecular flexibility index (Phi) is 4.65. The Morgan fingerprint density at radius 3 is 2.65 bits per heavy atom. The molecule has 0 aromatic heterocycles. The fourth-order valence-electron chi connectivity index (χ4n) is 2.04. The van der Waals surface area contributed by atoms with E-state index < -0.39 is 0 Å². The van der Waals surface area contributed by atoms with Crippen LogP contribution in [0.2, 0.25) is 5.02 Å². The number of benzene rings is 2. The van der Waals surface area contributed by atoms with Crippen molar-refractivity contribution in [3.05, 3.63) is 64.2 Å². The van der Waals surface area contributed by atoms with Crippen molar-refractivity contribution in [2.75, 3.05) is 0 Å². The Hall–Kier alpha value is -1.98.